The summed E-state index contributed by atoms with van der Waals surface area (Å²) in [5.74, 6) is 0.402. The van der Waals surface area contributed by atoms with E-state index in [1.807, 2.05) is 18.2 Å². The van der Waals surface area contributed by atoms with Crippen molar-refractivity contribution in [3.05, 3.63) is 52.5 Å². The Morgan fingerprint density at radius 1 is 1.25 bits per heavy atom. The molecule has 0 aliphatic carbocycles. The third kappa shape index (κ3) is 4.24. The number of carbonyl (C=O) groups is 1. The minimum absolute atomic E-state index is 0.0521. The predicted molar refractivity (Wildman–Crippen MR) is 99.2 cm³/mol. The van der Waals surface area contributed by atoms with Crippen molar-refractivity contribution < 1.29 is 9.53 Å². The molecule has 0 spiro atoms. The molecule has 2 aromatic carbocycles. The maximum atomic E-state index is 12.0. The number of rotatable bonds is 6. The summed E-state index contributed by atoms with van der Waals surface area (Å²) >= 11 is 7.48. The van der Waals surface area contributed by atoms with Crippen molar-refractivity contribution in [3.8, 4) is 5.75 Å². The molecule has 0 radical (unpaired) electrons. The Morgan fingerprint density at radius 3 is 2.79 bits per heavy atom. The van der Waals surface area contributed by atoms with E-state index in [9.17, 15) is 4.79 Å². The Hall–Kier alpha value is -2.11. The van der Waals surface area contributed by atoms with Gasteiger partial charge in [0.2, 0.25) is 0 Å². The number of thiazole rings is 1. The van der Waals surface area contributed by atoms with E-state index in [1.165, 1.54) is 0 Å². The molecule has 1 amide bonds. The molecule has 3 rings (SSSR count). The monoisotopic (exact) mass is 360 g/mol. The second-order valence-corrected chi connectivity index (χ2v) is 6.88. The molecule has 0 aliphatic heterocycles. The van der Waals surface area contributed by atoms with E-state index in [2.05, 4.69) is 17.2 Å². The van der Waals surface area contributed by atoms with Crippen LogP contribution in [0.4, 0.5) is 5.69 Å². The molecule has 4 nitrogen and oxygen atoms in total. The molecule has 3 aromatic rings. The van der Waals surface area contributed by atoms with Gasteiger partial charge in [0.25, 0.3) is 5.91 Å². The largest absolute Gasteiger partial charge is 0.484 e. The number of halogens is 1. The van der Waals surface area contributed by atoms with E-state index < -0.39 is 0 Å². The number of hydrogen-bond acceptors (Lipinski definition) is 4. The fourth-order valence-electron chi connectivity index (χ4n) is 2.25. The zero-order valence-electron chi connectivity index (χ0n) is 13.2. The summed E-state index contributed by atoms with van der Waals surface area (Å²) in [6.45, 7) is 2.09. The second-order valence-electron chi connectivity index (χ2n) is 5.33. The maximum Gasteiger partial charge on any atom is 0.262 e. The molecule has 1 heterocycles. The molecule has 0 unspecified atom stereocenters. The quantitative estimate of drug-likeness (QED) is 0.678. The number of benzene rings is 2. The summed E-state index contributed by atoms with van der Waals surface area (Å²) < 4.78 is 6.52. The van der Waals surface area contributed by atoms with Crippen LogP contribution >= 0.6 is 22.9 Å². The molecule has 1 N–H and O–H groups in total. The van der Waals surface area contributed by atoms with E-state index in [4.69, 9.17) is 16.3 Å². The van der Waals surface area contributed by atoms with Gasteiger partial charge in [-0.15, -0.1) is 11.3 Å². The fraction of sp³-hybridized carbons (Fsp3) is 0.222. The Morgan fingerprint density at radius 2 is 2.04 bits per heavy atom. The Labute approximate surface area is 149 Å². The number of nitrogens with one attached hydrogen (secondary N) is 1. The number of amides is 1. The van der Waals surface area contributed by atoms with E-state index >= 15 is 0 Å². The minimum atomic E-state index is -0.206. The lowest BCUT2D eigenvalue weighted by Gasteiger charge is -2.07. The van der Waals surface area contributed by atoms with E-state index in [0.29, 0.717) is 10.8 Å². The van der Waals surface area contributed by atoms with Gasteiger partial charge in [0, 0.05) is 10.7 Å². The first-order valence-electron chi connectivity index (χ1n) is 7.71. The third-order valence-electron chi connectivity index (χ3n) is 3.36. The number of carbonyl (C=O) groups excluding carboxylic acids is 1. The normalized spacial score (nSPS) is 10.8. The minimum Gasteiger partial charge on any atom is -0.484 e. The van der Waals surface area contributed by atoms with Gasteiger partial charge in [-0.25, -0.2) is 4.98 Å². The summed E-state index contributed by atoms with van der Waals surface area (Å²) in [7, 11) is 0. The molecule has 6 heteroatoms. The topological polar surface area (TPSA) is 51.2 Å². The van der Waals surface area contributed by atoms with Gasteiger partial charge in [-0.2, -0.15) is 0 Å². The third-order valence-corrected chi connectivity index (χ3v) is 4.69. The van der Waals surface area contributed by atoms with Crippen molar-refractivity contribution >= 4 is 44.7 Å². The molecule has 0 saturated heterocycles. The van der Waals surface area contributed by atoms with Crippen molar-refractivity contribution in [2.75, 3.05) is 11.9 Å². The van der Waals surface area contributed by atoms with Crippen LogP contribution in [-0.2, 0) is 11.2 Å². The van der Waals surface area contributed by atoms with Gasteiger partial charge in [0.15, 0.2) is 6.61 Å². The average molecular weight is 361 g/mol. The highest BCUT2D eigenvalue weighted by molar-refractivity contribution is 7.18. The lowest BCUT2D eigenvalue weighted by atomic mass is 10.3. The van der Waals surface area contributed by atoms with Crippen molar-refractivity contribution in [1.82, 2.24) is 4.98 Å². The number of aryl methyl sites for hydroxylation is 1. The number of nitrogens with zero attached hydrogens (tertiary/aromatic N) is 1. The number of ether oxygens (including phenoxy) is 1. The fourth-order valence-corrected chi connectivity index (χ4v) is 3.48. The standard InChI is InChI=1S/C18H17ClN2O2S/c1-2-3-18-21-15-9-6-13(10-16(15)24-18)20-17(22)11-23-14-7-4-12(19)5-8-14/h4-10H,2-3,11H2,1H3,(H,20,22). The van der Waals surface area contributed by atoms with Crippen molar-refractivity contribution in [2.45, 2.75) is 19.8 Å². The van der Waals surface area contributed by atoms with Crippen LogP contribution in [0.25, 0.3) is 10.2 Å². The van der Waals surface area contributed by atoms with Crippen LogP contribution in [0.15, 0.2) is 42.5 Å². The van der Waals surface area contributed by atoms with E-state index in [0.717, 1.165) is 33.8 Å². The van der Waals surface area contributed by atoms with E-state index in [-0.39, 0.29) is 12.5 Å². The molecular formula is C18H17ClN2O2S. The first-order chi connectivity index (χ1) is 11.6. The summed E-state index contributed by atoms with van der Waals surface area (Å²) in [6.07, 6.45) is 2.06. The molecule has 0 bridgehead atoms. The van der Waals surface area contributed by atoms with Gasteiger partial charge in [0.1, 0.15) is 5.75 Å². The Bertz CT molecular complexity index is 846. The van der Waals surface area contributed by atoms with Crippen molar-refractivity contribution in [1.29, 1.82) is 0 Å². The van der Waals surface area contributed by atoms with Crippen LogP contribution in [0.2, 0.25) is 5.02 Å². The summed E-state index contributed by atoms with van der Waals surface area (Å²) in [5.41, 5.74) is 1.72. The van der Waals surface area contributed by atoms with Crippen molar-refractivity contribution in [3.63, 3.8) is 0 Å². The highest BCUT2D eigenvalue weighted by Gasteiger charge is 2.07. The predicted octanol–water partition coefficient (Wildman–Crippen LogP) is 4.92. The van der Waals surface area contributed by atoms with Gasteiger partial charge in [-0.1, -0.05) is 18.5 Å². The zero-order valence-corrected chi connectivity index (χ0v) is 14.8. The Balaban J connectivity index is 1.61. The highest BCUT2D eigenvalue weighted by atomic mass is 35.5. The molecule has 0 saturated carbocycles. The molecule has 0 fully saturated rings. The molecule has 0 atom stereocenters. The number of fused-ring (bicyclic) bond motifs is 1. The number of anilines is 1. The van der Waals surface area contributed by atoms with E-state index in [1.54, 1.807) is 35.6 Å². The average Bonchev–Trinajstić information content (AvgIpc) is 2.96. The number of hydrogen-bond donors (Lipinski definition) is 1. The Kier molecular flexibility index (Phi) is 5.33. The van der Waals surface area contributed by atoms with Crippen LogP contribution < -0.4 is 10.1 Å². The highest BCUT2D eigenvalue weighted by Crippen LogP contribution is 2.26. The molecule has 0 aliphatic rings. The van der Waals surface area contributed by atoms with Gasteiger partial charge in [0.05, 0.1) is 15.2 Å². The molecular weight excluding hydrogens is 344 g/mol. The SMILES string of the molecule is CCCc1nc2ccc(NC(=O)COc3ccc(Cl)cc3)cc2s1. The lowest BCUT2D eigenvalue weighted by molar-refractivity contribution is -0.118. The van der Waals surface area contributed by atoms with Crippen LogP contribution in [0.1, 0.15) is 18.4 Å². The van der Waals surface area contributed by atoms with Crippen LogP contribution in [0, 0.1) is 0 Å². The molecule has 1 aromatic heterocycles. The van der Waals surface area contributed by atoms with Gasteiger partial charge in [-0.3, -0.25) is 4.79 Å². The summed E-state index contributed by atoms with van der Waals surface area (Å²) in [4.78, 5) is 16.6. The van der Waals surface area contributed by atoms with Crippen LogP contribution in [-0.4, -0.2) is 17.5 Å². The summed E-state index contributed by atoms with van der Waals surface area (Å²) in [5, 5.41) is 4.60. The first-order valence-corrected chi connectivity index (χ1v) is 8.91. The second kappa shape index (κ2) is 7.64. The lowest BCUT2D eigenvalue weighted by Crippen LogP contribution is -2.20. The molecule has 24 heavy (non-hydrogen) atoms. The van der Waals surface area contributed by atoms with Crippen LogP contribution in [0.5, 0.6) is 5.75 Å². The van der Waals surface area contributed by atoms with Gasteiger partial charge >= 0.3 is 0 Å². The van der Waals surface area contributed by atoms with Gasteiger partial charge < -0.3 is 10.1 Å². The van der Waals surface area contributed by atoms with Gasteiger partial charge in [-0.05, 0) is 55.3 Å². The van der Waals surface area contributed by atoms with Crippen molar-refractivity contribution in [2.24, 2.45) is 0 Å². The zero-order chi connectivity index (χ0) is 16.9. The molecule has 124 valence electrons. The summed E-state index contributed by atoms with van der Waals surface area (Å²) in [6, 6.07) is 12.6. The smallest absolute Gasteiger partial charge is 0.262 e. The first kappa shape index (κ1) is 16.7. The maximum absolute atomic E-state index is 12.0. The van der Waals surface area contributed by atoms with Crippen LogP contribution in [0.3, 0.4) is 0 Å². The number of aromatic nitrogens is 1.